The molecule has 1 aliphatic heterocycles. The molecule has 0 spiro atoms. The molecule has 1 atom stereocenters. The van der Waals surface area contributed by atoms with Crippen LogP contribution in [0.3, 0.4) is 0 Å². The number of benzene rings is 1. The molecule has 1 aliphatic rings. The number of rotatable bonds is 0. The standard InChI is InChI=1S/C11H12FN/c1-7-5-8(2)13-11-4-3-9(12)6-10(7)11/h3-6,8,13H,1-2H3/t8-/m1/s1. The molecule has 0 fully saturated rings. The molecular weight excluding hydrogens is 165 g/mol. The van der Waals surface area contributed by atoms with Crippen molar-refractivity contribution < 1.29 is 4.39 Å². The van der Waals surface area contributed by atoms with Gasteiger partial charge in [0.05, 0.1) is 0 Å². The van der Waals surface area contributed by atoms with Crippen molar-refractivity contribution in [1.82, 2.24) is 0 Å². The predicted molar refractivity (Wildman–Crippen MR) is 53.1 cm³/mol. The maximum Gasteiger partial charge on any atom is 0.123 e. The summed E-state index contributed by atoms with van der Waals surface area (Å²) in [4.78, 5) is 0. The van der Waals surface area contributed by atoms with Gasteiger partial charge in [0.1, 0.15) is 5.82 Å². The van der Waals surface area contributed by atoms with E-state index in [1.54, 1.807) is 12.1 Å². The molecule has 0 radical (unpaired) electrons. The normalized spacial score (nSPS) is 20.2. The van der Waals surface area contributed by atoms with E-state index in [4.69, 9.17) is 0 Å². The Hall–Kier alpha value is -1.31. The molecule has 1 nitrogen and oxygen atoms in total. The Balaban J connectivity index is 2.54. The summed E-state index contributed by atoms with van der Waals surface area (Å²) in [5.74, 6) is -0.178. The van der Waals surface area contributed by atoms with E-state index < -0.39 is 0 Å². The van der Waals surface area contributed by atoms with E-state index in [1.165, 1.54) is 6.07 Å². The van der Waals surface area contributed by atoms with Gasteiger partial charge in [-0.1, -0.05) is 6.08 Å². The highest BCUT2D eigenvalue weighted by Gasteiger charge is 2.13. The van der Waals surface area contributed by atoms with E-state index in [-0.39, 0.29) is 5.82 Å². The summed E-state index contributed by atoms with van der Waals surface area (Å²) in [6, 6.07) is 5.17. The number of hydrogen-bond acceptors (Lipinski definition) is 1. The number of anilines is 1. The third-order valence-corrected chi connectivity index (χ3v) is 2.29. The summed E-state index contributed by atoms with van der Waals surface area (Å²) < 4.78 is 12.9. The third kappa shape index (κ3) is 1.44. The van der Waals surface area contributed by atoms with Gasteiger partial charge >= 0.3 is 0 Å². The van der Waals surface area contributed by atoms with Gasteiger partial charge in [0, 0.05) is 17.3 Å². The van der Waals surface area contributed by atoms with Crippen molar-refractivity contribution >= 4 is 11.3 Å². The molecule has 68 valence electrons. The number of fused-ring (bicyclic) bond motifs is 1. The number of halogens is 1. The largest absolute Gasteiger partial charge is 0.379 e. The first kappa shape index (κ1) is 8.30. The van der Waals surface area contributed by atoms with Gasteiger partial charge in [-0.15, -0.1) is 0 Å². The Morgan fingerprint density at radius 3 is 2.92 bits per heavy atom. The van der Waals surface area contributed by atoms with Crippen molar-refractivity contribution in [3.8, 4) is 0 Å². The van der Waals surface area contributed by atoms with Crippen LogP contribution >= 0.6 is 0 Å². The van der Waals surface area contributed by atoms with Crippen molar-refractivity contribution in [2.24, 2.45) is 0 Å². The molecule has 2 heteroatoms. The van der Waals surface area contributed by atoms with Crippen molar-refractivity contribution in [2.75, 3.05) is 5.32 Å². The van der Waals surface area contributed by atoms with Crippen LogP contribution in [-0.2, 0) is 0 Å². The second-order valence-corrected chi connectivity index (χ2v) is 3.47. The Morgan fingerprint density at radius 1 is 1.38 bits per heavy atom. The summed E-state index contributed by atoms with van der Waals surface area (Å²) in [5, 5.41) is 3.27. The van der Waals surface area contributed by atoms with Crippen LogP contribution in [0.2, 0.25) is 0 Å². The highest BCUT2D eigenvalue weighted by molar-refractivity contribution is 5.78. The van der Waals surface area contributed by atoms with E-state index in [0.717, 1.165) is 16.8 Å². The topological polar surface area (TPSA) is 12.0 Å². The Bertz CT molecular complexity index is 368. The molecule has 0 saturated heterocycles. The third-order valence-electron chi connectivity index (χ3n) is 2.29. The summed E-state index contributed by atoms with van der Waals surface area (Å²) in [5.41, 5.74) is 3.13. The lowest BCUT2D eigenvalue weighted by Crippen LogP contribution is -2.17. The van der Waals surface area contributed by atoms with Gasteiger partial charge in [-0.3, -0.25) is 0 Å². The van der Waals surface area contributed by atoms with Crippen molar-refractivity contribution in [3.05, 3.63) is 35.7 Å². The van der Waals surface area contributed by atoms with Crippen LogP contribution in [0.5, 0.6) is 0 Å². The van der Waals surface area contributed by atoms with Gasteiger partial charge in [-0.05, 0) is 37.6 Å². The van der Waals surface area contributed by atoms with Gasteiger partial charge in [0.15, 0.2) is 0 Å². The van der Waals surface area contributed by atoms with Gasteiger partial charge < -0.3 is 5.32 Å². The molecule has 2 rings (SSSR count). The monoisotopic (exact) mass is 177 g/mol. The average Bonchev–Trinajstić information content (AvgIpc) is 2.06. The lowest BCUT2D eigenvalue weighted by molar-refractivity contribution is 0.627. The fourth-order valence-electron chi connectivity index (χ4n) is 1.72. The van der Waals surface area contributed by atoms with Gasteiger partial charge in [-0.25, -0.2) is 4.39 Å². The number of nitrogens with one attached hydrogen (secondary N) is 1. The fourth-order valence-corrected chi connectivity index (χ4v) is 1.72. The summed E-state index contributed by atoms with van der Waals surface area (Å²) in [6.45, 7) is 4.09. The van der Waals surface area contributed by atoms with E-state index >= 15 is 0 Å². The van der Waals surface area contributed by atoms with Gasteiger partial charge in [0.25, 0.3) is 0 Å². The zero-order valence-corrected chi connectivity index (χ0v) is 7.76. The fraction of sp³-hybridized carbons (Fsp3) is 0.273. The van der Waals surface area contributed by atoms with Gasteiger partial charge in [0.2, 0.25) is 0 Å². The molecule has 1 N–H and O–H groups in total. The minimum absolute atomic E-state index is 0.178. The lowest BCUT2D eigenvalue weighted by atomic mass is 9.99. The van der Waals surface area contributed by atoms with E-state index in [0.29, 0.717) is 6.04 Å². The minimum Gasteiger partial charge on any atom is -0.379 e. The average molecular weight is 177 g/mol. The highest BCUT2D eigenvalue weighted by Crippen LogP contribution is 2.29. The van der Waals surface area contributed by atoms with E-state index in [1.807, 2.05) is 6.92 Å². The highest BCUT2D eigenvalue weighted by atomic mass is 19.1. The second kappa shape index (κ2) is 2.87. The SMILES string of the molecule is CC1=C[C@@H](C)Nc2ccc(F)cc21. The van der Waals surface area contributed by atoms with Crippen LogP contribution < -0.4 is 5.32 Å². The number of hydrogen-bond donors (Lipinski definition) is 1. The van der Waals surface area contributed by atoms with Crippen molar-refractivity contribution in [3.63, 3.8) is 0 Å². The summed E-state index contributed by atoms with van der Waals surface area (Å²) in [7, 11) is 0. The van der Waals surface area contributed by atoms with Crippen LogP contribution in [0.25, 0.3) is 5.57 Å². The lowest BCUT2D eigenvalue weighted by Gasteiger charge is -2.22. The minimum atomic E-state index is -0.178. The summed E-state index contributed by atoms with van der Waals surface area (Å²) in [6.07, 6.45) is 2.10. The van der Waals surface area contributed by atoms with Crippen LogP contribution in [0.1, 0.15) is 19.4 Å². The van der Waals surface area contributed by atoms with Crippen molar-refractivity contribution in [1.29, 1.82) is 0 Å². The molecule has 1 aromatic carbocycles. The van der Waals surface area contributed by atoms with Crippen LogP contribution in [0.4, 0.5) is 10.1 Å². The zero-order valence-electron chi connectivity index (χ0n) is 7.76. The van der Waals surface area contributed by atoms with Crippen LogP contribution in [0.15, 0.2) is 24.3 Å². The molecule has 1 heterocycles. The zero-order chi connectivity index (χ0) is 9.42. The summed E-state index contributed by atoms with van der Waals surface area (Å²) >= 11 is 0. The molecule has 0 bridgehead atoms. The smallest absolute Gasteiger partial charge is 0.123 e. The molecule has 0 amide bonds. The molecule has 0 saturated carbocycles. The molecular formula is C11H12FN. The molecule has 13 heavy (non-hydrogen) atoms. The molecule has 1 aromatic rings. The quantitative estimate of drug-likeness (QED) is 0.642. The maximum atomic E-state index is 12.9. The second-order valence-electron chi connectivity index (χ2n) is 3.47. The molecule has 0 aliphatic carbocycles. The van der Waals surface area contributed by atoms with Crippen LogP contribution in [-0.4, -0.2) is 6.04 Å². The predicted octanol–water partition coefficient (Wildman–Crippen LogP) is 3.04. The number of allylic oxidation sites excluding steroid dienone is 1. The Kier molecular flexibility index (Phi) is 1.83. The molecule has 0 unspecified atom stereocenters. The molecule has 0 aromatic heterocycles. The maximum absolute atomic E-state index is 12.9. The van der Waals surface area contributed by atoms with Crippen molar-refractivity contribution in [2.45, 2.75) is 19.9 Å². The Morgan fingerprint density at radius 2 is 2.15 bits per heavy atom. The first-order chi connectivity index (χ1) is 6.16. The first-order valence-electron chi connectivity index (χ1n) is 4.42. The van der Waals surface area contributed by atoms with E-state index in [2.05, 4.69) is 18.3 Å². The first-order valence-corrected chi connectivity index (χ1v) is 4.42. The van der Waals surface area contributed by atoms with Gasteiger partial charge in [-0.2, -0.15) is 0 Å². The van der Waals surface area contributed by atoms with Crippen LogP contribution in [0, 0.1) is 5.82 Å². The Labute approximate surface area is 77.3 Å². The van der Waals surface area contributed by atoms with E-state index in [9.17, 15) is 4.39 Å².